The van der Waals surface area contributed by atoms with Gasteiger partial charge in [0, 0.05) is 48.9 Å². The van der Waals surface area contributed by atoms with Crippen molar-refractivity contribution in [1.29, 1.82) is 0 Å². The average molecular weight is 455 g/mol. The minimum Gasteiger partial charge on any atom is -0.337 e. The molecule has 0 aromatic heterocycles. The highest BCUT2D eigenvalue weighted by Crippen LogP contribution is 2.18. The first kappa shape index (κ1) is 23.1. The first-order valence-electron chi connectivity index (χ1n) is 10.2. The Morgan fingerprint density at radius 3 is 2.70 bits per heavy atom. The number of carbonyl (C=O) groups is 2. The van der Waals surface area contributed by atoms with E-state index in [-0.39, 0.29) is 24.3 Å². The molecule has 3 rings (SSSR count). The van der Waals surface area contributed by atoms with Crippen LogP contribution in [0.5, 0.6) is 0 Å². The van der Waals surface area contributed by atoms with Crippen LogP contribution >= 0.6 is 11.8 Å². The summed E-state index contributed by atoms with van der Waals surface area (Å²) >= 11 is 1.85. The molecular weight excluding hydrogens is 424 g/mol. The molecule has 2 heterocycles. The predicted octanol–water partition coefficient (Wildman–Crippen LogP) is 1.08. The van der Waals surface area contributed by atoms with Crippen LogP contribution in [0.2, 0.25) is 0 Å². The highest BCUT2D eigenvalue weighted by molar-refractivity contribution is 7.99. The van der Waals surface area contributed by atoms with Crippen LogP contribution in [0, 0.1) is 5.92 Å². The highest BCUT2D eigenvalue weighted by atomic mass is 32.2. The van der Waals surface area contributed by atoms with Gasteiger partial charge in [-0.2, -0.15) is 11.8 Å². The van der Waals surface area contributed by atoms with Gasteiger partial charge in [-0.1, -0.05) is 6.07 Å². The van der Waals surface area contributed by atoms with E-state index in [1.807, 2.05) is 21.6 Å². The Morgan fingerprint density at radius 2 is 1.97 bits per heavy atom. The fraction of sp³-hybridized carbons (Fsp3) is 0.600. The second-order valence-electron chi connectivity index (χ2n) is 7.90. The van der Waals surface area contributed by atoms with Crippen molar-refractivity contribution in [2.75, 3.05) is 62.3 Å². The van der Waals surface area contributed by atoms with Crippen molar-refractivity contribution in [3.8, 4) is 0 Å². The number of benzene rings is 1. The molecule has 1 unspecified atom stereocenters. The Morgan fingerprint density at radius 1 is 1.20 bits per heavy atom. The lowest BCUT2D eigenvalue weighted by Crippen LogP contribution is -2.43. The average Bonchev–Trinajstić information content (AvgIpc) is 2.72. The van der Waals surface area contributed by atoms with E-state index in [1.54, 1.807) is 24.3 Å². The van der Waals surface area contributed by atoms with Crippen LogP contribution in [0.15, 0.2) is 24.3 Å². The van der Waals surface area contributed by atoms with Gasteiger partial charge in [0.05, 0.1) is 12.8 Å². The van der Waals surface area contributed by atoms with Gasteiger partial charge in [0.1, 0.15) is 0 Å². The topological polar surface area (TPSA) is 98.8 Å². The summed E-state index contributed by atoms with van der Waals surface area (Å²) in [6.07, 6.45) is 3.03. The predicted molar refractivity (Wildman–Crippen MR) is 120 cm³/mol. The quantitative estimate of drug-likeness (QED) is 0.640. The number of hydrogen-bond acceptors (Lipinski definition) is 6. The molecule has 2 saturated heterocycles. The lowest BCUT2D eigenvalue weighted by molar-refractivity contribution is -0.117. The lowest BCUT2D eigenvalue weighted by Gasteiger charge is -2.32. The van der Waals surface area contributed by atoms with Crippen molar-refractivity contribution in [1.82, 2.24) is 14.5 Å². The Kier molecular flexibility index (Phi) is 8.15. The third kappa shape index (κ3) is 7.26. The molecule has 2 aliphatic rings. The number of rotatable bonds is 7. The van der Waals surface area contributed by atoms with E-state index in [9.17, 15) is 18.0 Å². The number of amides is 2. The van der Waals surface area contributed by atoms with Crippen LogP contribution in [0.3, 0.4) is 0 Å². The lowest BCUT2D eigenvalue weighted by atomic mass is 9.98. The molecule has 2 fully saturated rings. The van der Waals surface area contributed by atoms with Crippen molar-refractivity contribution < 1.29 is 18.0 Å². The van der Waals surface area contributed by atoms with Crippen molar-refractivity contribution in [3.05, 3.63) is 29.8 Å². The van der Waals surface area contributed by atoms with Gasteiger partial charge >= 0.3 is 0 Å². The third-order valence-corrected chi connectivity index (χ3v) is 6.93. The zero-order chi connectivity index (χ0) is 21.6. The number of likely N-dealkylation sites (tertiary alicyclic amines) is 1. The fourth-order valence-corrected chi connectivity index (χ4v) is 5.25. The van der Waals surface area contributed by atoms with Gasteiger partial charge in [-0.05, 0) is 43.5 Å². The van der Waals surface area contributed by atoms with Gasteiger partial charge in [-0.15, -0.1) is 0 Å². The van der Waals surface area contributed by atoms with Gasteiger partial charge in [-0.25, -0.2) is 13.1 Å². The van der Waals surface area contributed by atoms with Crippen LogP contribution < -0.4 is 10.0 Å². The molecule has 2 aliphatic heterocycles. The molecule has 0 spiro atoms. The van der Waals surface area contributed by atoms with E-state index in [0.717, 1.165) is 50.2 Å². The van der Waals surface area contributed by atoms with Crippen LogP contribution in [0.1, 0.15) is 23.2 Å². The standard InChI is InChI=1S/C20H30N4O4S2/c1-30(27,28)21-13-16-4-3-7-23(14-16)15-19(25)22-18-6-2-5-17(12-18)20(26)24-8-10-29-11-9-24/h2,5-6,12,16,21H,3-4,7-11,13-15H2,1H3,(H,22,25). The number of sulfonamides is 1. The Bertz CT molecular complexity index is 856. The second kappa shape index (κ2) is 10.6. The fourth-order valence-electron chi connectivity index (χ4n) is 3.81. The van der Waals surface area contributed by atoms with E-state index in [2.05, 4.69) is 10.0 Å². The molecular formula is C20H30N4O4S2. The summed E-state index contributed by atoms with van der Waals surface area (Å²) in [5.74, 6) is 1.98. The van der Waals surface area contributed by atoms with Crippen LogP contribution in [0.25, 0.3) is 0 Å². The summed E-state index contributed by atoms with van der Waals surface area (Å²) in [7, 11) is -3.20. The molecule has 2 N–H and O–H groups in total. The summed E-state index contributed by atoms with van der Waals surface area (Å²) in [5.41, 5.74) is 1.20. The van der Waals surface area contributed by atoms with E-state index < -0.39 is 10.0 Å². The number of hydrogen-bond donors (Lipinski definition) is 2. The zero-order valence-corrected chi connectivity index (χ0v) is 18.9. The van der Waals surface area contributed by atoms with E-state index in [4.69, 9.17) is 0 Å². The largest absolute Gasteiger partial charge is 0.337 e. The molecule has 0 aliphatic carbocycles. The number of thioether (sulfide) groups is 1. The summed E-state index contributed by atoms with van der Waals surface area (Å²) in [4.78, 5) is 29.1. The molecule has 2 amide bonds. The first-order chi connectivity index (χ1) is 14.3. The maximum absolute atomic E-state index is 12.7. The second-order valence-corrected chi connectivity index (χ2v) is 11.0. The van der Waals surface area contributed by atoms with Crippen molar-refractivity contribution in [2.45, 2.75) is 12.8 Å². The van der Waals surface area contributed by atoms with Gasteiger partial charge < -0.3 is 10.2 Å². The van der Waals surface area contributed by atoms with Gasteiger partial charge in [0.25, 0.3) is 5.91 Å². The zero-order valence-electron chi connectivity index (χ0n) is 17.3. The Hall–Kier alpha value is -1.62. The van der Waals surface area contributed by atoms with E-state index >= 15 is 0 Å². The van der Waals surface area contributed by atoms with Crippen molar-refractivity contribution in [3.63, 3.8) is 0 Å². The number of nitrogens with zero attached hydrogens (tertiary/aromatic N) is 2. The molecule has 0 radical (unpaired) electrons. The highest BCUT2D eigenvalue weighted by Gasteiger charge is 2.23. The number of carbonyl (C=O) groups excluding carboxylic acids is 2. The molecule has 1 atom stereocenters. The van der Waals surface area contributed by atoms with E-state index in [1.165, 1.54) is 0 Å². The maximum Gasteiger partial charge on any atom is 0.253 e. The van der Waals surface area contributed by atoms with Gasteiger partial charge in [-0.3, -0.25) is 14.5 Å². The number of nitrogens with one attached hydrogen (secondary N) is 2. The van der Waals surface area contributed by atoms with E-state index in [0.29, 0.717) is 24.3 Å². The smallest absolute Gasteiger partial charge is 0.253 e. The Labute approximate surface area is 182 Å². The summed E-state index contributed by atoms with van der Waals surface area (Å²) in [5, 5.41) is 2.89. The summed E-state index contributed by atoms with van der Waals surface area (Å²) in [6, 6.07) is 7.09. The molecule has 1 aromatic carbocycles. The monoisotopic (exact) mass is 454 g/mol. The number of piperidine rings is 1. The molecule has 30 heavy (non-hydrogen) atoms. The minimum atomic E-state index is -3.20. The molecule has 10 heteroatoms. The molecule has 0 saturated carbocycles. The van der Waals surface area contributed by atoms with Crippen molar-refractivity contribution >= 4 is 39.3 Å². The molecule has 0 bridgehead atoms. The van der Waals surface area contributed by atoms with Crippen LogP contribution in [-0.4, -0.2) is 87.1 Å². The molecule has 1 aromatic rings. The normalized spacial score (nSPS) is 20.7. The number of anilines is 1. The van der Waals surface area contributed by atoms with Crippen molar-refractivity contribution in [2.24, 2.45) is 5.92 Å². The molecule has 8 nitrogen and oxygen atoms in total. The van der Waals surface area contributed by atoms with Crippen LogP contribution in [-0.2, 0) is 14.8 Å². The minimum absolute atomic E-state index is 0.00338. The molecule has 166 valence electrons. The SMILES string of the molecule is CS(=O)(=O)NCC1CCCN(CC(=O)Nc2cccc(C(=O)N3CCSCC3)c2)C1. The third-order valence-electron chi connectivity index (χ3n) is 5.30. The van der Waals surface area contributed by atoms with Gasteiger partial charge in [0.15, 0.2) is 0 Å². The van der Waals surface area contributed by atoms with Gasteiger partial charge in [0.2, 0.25) is 15.9 Å². The Balaban J connectivity index is 1.51. The van der Waals surface area contributed by atoms with Crippen LogP contribution in [0.4, 0.5) is 5.69 Å². The summed E-state index contributed by atoms with van der Waals surface area (Å²) in [6.45, 7) is 3.65. The summed E-state index contributed by atoms with van der Waals surface area (Å²) < 4.78 is 25.1. The maximum atomic E-state index is 12.7. The first-order valence-corrected chi connectivity index (χ1v) is 13.3.